The van der Waals surface area contributed by atoms with E-state index in [-0.39, 0.29) is 34.4 Å². The first-order chi connectivity index (χ1) is 11.8. The predicted octanol–water partition coefficient (Wildman–Crippen LogP) is 0.886. The van der Waals surface area contributed by atoms with Crippen LogP contribution in [0.25, 0.3) is 11.2 Å². The van der Waals surface area contributed by atoms with Crippen molar-refractivity contribution in [3.05, 3.63) is 28.2 Å². The van der Waals surface area contributed by atoms with Crippen molar-refractivity contribution in [3.63, 3.8) is 0 Å². The molecule has 2 aromatic heterocycles. The van der Waals surface area contributed by atoms with Crippen LogP contribution in [0.5, 0.6) is 0 Å². The first-order valence-electron chi connectivity index (χ1n) is 7.35. The highest BCUT2D eigenvalue weighted by atomic mass is 32.1. The highest BCUT2D eigenvalue weighted by Gasteiger charge is 2.45. The van der Waals surface area contributed by atoms with Gasteiger partial charge in [-0.25, -0.2) is 9.98 Å². The van der Waals surface area contributed by atoms with Crippen molar-refractivity contribution < 1.29 is 14.9 Å². The van der Waals surface area contributed by atoms with Crippen LogP contribution < -0.4 is 5.56 Å². The van der Waals surface area contributed by atoms with Gasteiger partial charge >= 0.3 is 0 Å². The second-order valence-corrected chi connectivity index (χ2v) is 6.33. The molecule has 2 atom stereocenters. The summed E-state index contributed by atoms with van der Waals surface area (Å²) in [5, 5.41) is 20.4. The van der Waals surface area contributed by atoms with Gasteiger partial charge in [0.05, 0.1) is 12.7 Å². The molecule has 0 bridgehead atoms. The Bertz CT molecular complexity index is 933. The number of fused-ring (bicyclic) bond motifs is 1. The lowest BCUT2D eigenvalue weighted by Gasteiger charge is -2.23. The van der Waals surface area contributed by atoms with Crippen LogP contribution in [0.2, 0.25) is 0 Å². The molecule has 3 heterocycles. The zero-order valence-electron chi connectivity index (χ0n) is 13.8. The molecular formula is C14H18N6O4S. The summed E-state index contributed by atoms with van der Waals surface area (Å²) in [7, 11) is 3.56. The van der Waals surface area contributed by atoms with Crippen LogP contribution in [0.4, 0.5) is 5.95 Å². The van der Waals surface area contributed by atoms with Crippen molar-refractivity contribution in [1.29, 1.82) is 0 Å². The van der Waals surface area contributed by atoms with E-state index in [0.29, 0.717) is 0 Å². The Kier molecular flexibility index (Phi) is 4.21. The normalized spacial score (nSPS) is 23.9. The molecule has 3 rings (SSSR count). The second-order valence-electron chi connectivity index (χ2n) is 6.01. The number of rotatable bonds is 4. The quantitative estimate of drug-likeness (QED) is 0.359. The van der Waals surface area contributed by atoms with E-state index in [1.807, 2.05) is 0 Å². The molecule has 0 aliphatic carbocycles. The summed E-state index contributed by atoms with van der Waals surface area (Å²) < 4.78 is 7.09. The lowest BCUT2D eigenvalue weighted by molar-refractivity contribution is -0.0577. The molecule has 3 N–H and O–H groups in total. The number of H-pyrrole nitrogens is 1. The number of ether oxygens (including phenoxy) is 1. The molecular weight excluding hydrogens is 348 g/mol. The van der Waals surface area contributed by atoms with E-state index in [0.717, 1.165) is 0 Å². The van der Waals surface area contributed by atoms with Gasteiger partial charge < -0.3 is 19.8 Å². The van der Waals surface area contributed by atoms with E-state index < -0.39 is 17.4 Å². The molecule has 1 aliphatic heterocycles. The Labute approximate surface area is 147 Å². The fraction of sp³-hybridized carbons (Fsp3) is 0.429. The molecule has 134 valence electrons. The van der Waals surface area contributed by atoms with Gasteiger partial charge in [0, 0.05) is 19.8 Å². The van der Waals surface area contributed by atoms with Gasteiger partial charge in [0.2, 0.25) is 5.95 Å². The van der Waals surface area contributed by atoms with Gasteiger partial charge in [-0.05, 0) is 6.92 Å². The van der Waals surface area contributed by atoms with Gasteiger partial charge in [-0.15, -0.1) is 0 Å². The molecule has 0 amide bonds. The predicted molar refractivity (Wildman–Crippen MR) is 94.7 cm³/mol. The minimum Gasteiger partial charge on any atom is -0.506 e. The number of aromatic nitrogens is 4. The van der Waals surface area contributed by atoms with Crippen LogP contribution in [0.3, 0.4) is 0 Å². The first-order valence-corrected chi connectivity index (χ1v) is 7.99. The first kappa shape index (κ1) is 17.3. The zero-order valence-corrected chi connectivity index (χ0v) is 14.7. The second kappa shape index (κ2) is 6.08. The molecule has 11 heteroatoms. The van der Waals surface area contributed by atoms with Crippen LogP contribution in [-0.4, -0.2) is 66.4 Å². The molecule has 0 fully saturated rings. The van der Waals surface area contributed by atoms with Gasteiger partial charge in [0.15, 0.2) is 28.9 Å². The summed E-state index contributed by atoms with van der Waals surface area (Å²) in [4.78, 5) is 28.7. The maximum absolute atomic E-state index is 12.2. The van der Waals surface area contributed by atoms with Gasteiger partial charge in [0.25, 0.3) is 5.56 Å². The number of hydrogen-bond donors (Lipinski definition) is 4. The Morgan fingerprint density at radius 1 is 1.56 bits per heavy atom. The van der Waals surface area contributed by atoms with Crippen LogP contribution in [0, 0.1) is 0 Å². The smallest absolute Gasteiger partial charge is 0.280 e. The van der Waals surface area contributed by atoms with Gasteiger partial charge in [-0.3, -0.25) is 14.3 Å². The SMILES string of the molecule is CN(C)/C=N\c1nc2c(ncn2C2OC(C)(CS)C(O)=C2O)c(=O)[nH]1. The number of nitrogens with zero attached hydrogens (tertiary/aromatic N) is 5. The standard InChI is InChI=1S/C14H18N6O4S/c1-14(4-25)9(22)8(21)12(24-14)20-6-15-7-10(20)17-13(18-11(7)23)16-5-19(2)3/h5-6,12,21-22,25H,4H2,1-3H3,(H,17,18,23)/b16-5-. The summed E-state index contributed by atoms with van der Waals surface area (Å²) in [5.74, 6) is -0.463. The number of aliphatic hydroxyl groups is 2. The van der Waals surface area contributed by atoms with Gasteiger partial charge in [-0.2, -0.15) is 17.6 Å². The summed E-state index contributed by atoms with van der Waals surface area (Å²) in [6.07, 6.45) is 1.73. The van der Waals surface area contributed by atoms with E-state index >= 15 is 0 Å². The molecule has 0 saturated carbocycles. The van der Waals surface area contributed by atoms with Crippen LogP contribution in [-0.2, 0) is 4.74 Å². The van der Waals surface area contributed by atoms with E-state index in [1.165, 1.54) is 17.2 Å². The number of aliphatic imine (C=N–C) groups is 1. The molecule has 0 spiro atoms. The summed E-state index contributed by atoms with van der Waals surface area (Å²) in [6, 6.07) is 0. The number of thiol groups is 1. The van der Waals surface area contributed by atoms with Crippen molar-refractivity contribution in [3.8, 4) is 0 Å². The van der Waals surface area contributed by atoms with Gasteiger partial charge in [0.1, 0.15) is 5.60 Å². The van der Waals surface area contributed by atoms with Crippen molar-refractivity contribution in [2.24, 2.45) is 4.99 Å². The van der Waals surface area contributed by atoms with Crippen LogP contribution >= 0.6 is 12.6 Å². The third kappa shape index (κ3) is 2.85. The zero-order chi connectivity index (χ0) is 18.4. The number of imidazole rings is 1. The molecule has 2 aromatic rings. The van der Waals surface area contributed by atoms with Gasteiger partial charge in [-0.1, -0.05) is 0 Å². The topological polar surface area (TPSA) is 129 Å². The van der Waals surface area contributed by atoms with Crippen molar-refractivity contribution in [2.75, 3.05) is 19.8 Å². The molecule has 25 heavy (non-hydrogen) atoms. The summed E-state index contributed by atoms with van der Waals surface area (Å²) in [5.41, 5.74) is -1.39. The van der Waals surface area contributed by atoms with E-state index in [4.69, 9.17) is 4.74 Å². The number of nitrogens with one attached hydrogen (secondary N) is 1. The highest BCUT2D eigenvalue weighted by molar-refractivity contribution is 7.80. The molecule has 0 saturated heterocycles. The fourth-order valence-electron chi connectivity index (χ4n) is 2.36. The van der Waals surface area contributed by atoms with Crippen molar-refractivity contribution in [1.82, 2.24) is 24.4 Å². The maximum atomic E-state index is 12.2. The third-order valence-corrected chi connectivity index (χ3v) is 4.34. The Hall–Kier alpha value is -2.53. The maximum Gasteiger partial charge on any atom is 0.280 e. The Morgan fingerprint density at radius 3 is 2.88 bits per heavy atom. The van der Waals surface area contributed by atoms with Crippen LogP contribution in [0.1, 0.15) is 13.2 Å². The summed E-state index contributed by atoms with van der Waals surface area (Å²) >= 11 is 4.14. The minimum absolute atomic E-state index is 0.0687. The third-order valence-electron chi connectivity index (χ3n) is 3.73. The molecule has 1 aliphatic rings. The average molecular weight is 366 g/mol. The lowest BCUT2D eigenvalue weighted by Crippen LogP contribution is -2.30. The average Bonchev–Trinajstić information content (AvgIpc) is 3.09. The van der Waals surface area contributed by atoms with E-state index in [1.54, 1.807) is 25.9 Å². The van der Waals surface area contributed by atoms with Crippen LogP contribution in [0.15, 0.2) is 27.6 Å². The lowest BCUT2D eigenvalue weighted by atomic mass is 10.1. The molecule has 10 nitrogen and oxygen atoms in total. The highest BCUT2D eigenvalue weighted by Crippen LogP contribution is 2.40. The number of aliphatic hydroxyl groups excluding tert-OH is 2. The van der Waals surface area contributed by atoms with Crippen molar-refractivity contribution in [2.45, 2.75) is 18.8 Å². The minimum atomic E-state index is -1.15. The molecule has 0 radical (unpaired) electrons. The Morgan fingerprint density at radius 2 is 2.28 bits per heavy atom. The number of aromatic amines is 1. The number of hydrogen-bond acceptors (Lipinski definition) is 8. The summed E-state index contributed by atoms with van der Waals surface area (Å²) in [6.45, 7) is 1.59. The molecule has 2 unspecified atom stereocenters. The molecule has 0 aromatic carbocycles. The fourth-order valence-corrected chi connectivity index (χ4v) is 2.59. The van der Waals surface area contributed by atoms with E-state index in [9.17, 15) is 15.0 Å². The van der Waals surface area contributed by atoms with E-state index in [2.05, 4.69) is 32.6 Å². The monoisotopic (exact) mass is 366 g/mol. The largest absolute Gasteiger partial charge is 0.506 e. The Balaban J connectivity index is 2.11. The van der Waals surface area contributed by atoms with Crippen molar-refractivity contribution >= 4 is 36.1 Å².